The van der Waals surface area contributed by atoms with Gasteiger partial charge in [-0.15, -0.1) is 0 Å². The first-order valence-corrected chi connectivity index (χ1v) is 7.35. The average Bonchev–Trinajstić information content (AvgIpc) is 2.40. The van der Waals surface area contributed by atoms with Crippen molar-refractivity contribution in [3.8, 4) is 0 Å². The molecule has 1 aliphatic carbocycles. The number of methoxy groups -OCH3 is 1. The van der Waals surface area contributed by atoms with Gasteiger partial charge >= 0.3 is 0 Å². The van der Waals surface area contributed by atoms with Gasteiger partial charge in [0.05, 0.1) is 5.60 Å². The summed E-state index contributed by atoms with van der Waals surface area (Å²) in [6, 6.07) is 0. The lowest BCUT2D eigenvalue weighted by atomic mass is 9.74. The van der Waals surface area contributed by atoms with E-state index in [0.29, 0.717) is 0 Å². The molecule has 1 heterocycles. The van der Waals surface area contributed by atoms with Gasteiger partial charge in [-0.2, -0.15) is 0 Å². The molecule has 18 heavy (non-hydrogen) atoms. The van der Waals surface area contributed by atoms with Crippen molar-refractivity contribution in [1.82, 2.24) is 4.90 Å². The van der Waals surface area contributed by atoms with Crippen LogP contribution in [0, 0.1) is 5.41 Å². The van der Waals surface area contributed by atoms with Gasteiger partial charge in [0.1, 0.15) is 6.29 Å². The summed E-state index contributed by atoms with van der Waals surface area (Å²) >= 11 is 0. The smallest absolute Gasteiger partial charge is 0.127 e. The van der Waals surface area contributed by atoms with Crippen LogP contribution in [0.25, 0.3) is 0 Å². The molecule has 1 aliphatic heterocycles. The summed E-state index contributed by atoms with van der Waals surface area (Å²) in [4.78, 5) is 14.0. The molecule has 104 valence electrons. The molecule has 1 saturated heterocycles. The number of hydrogen-bond acceptors (Lipinski definition) is 3. The van der Waals surface area contributed by atoms with E-state index in [1.54, 1.807) is 7.11 Å². The first-order valence-electron chi connectivity index (χ1n) is 7.35. The third-order valence-corrected chi connectivity index (χ3v) is 4.87. The minimum absolute atomic E-state index is 0.0169. The highest BCUT2D eigenvalue weighted by Crippen LogP contribution is 2.36. The minimum atomic E-state index is -0.0652. The molecular weight excluding hydrogens is 226 g/mol. The molecule has 0 aromatic carbocycles. The topological polar surface area (TPSA) is 29.5 Å². The van der Waals surface area contributed by atoms with E-state index in [9.17, 15) is 4.79 Å². The van der Waals surface area contributed by atoms with Gasteiger partial charge in [0.2, 0.25) is 0 Å². The molecule has 2 aliphatic rings. The molecule has 1 unspecified atom stereocenters. The molecule has 0 N–H and O–H groups in total. The van der Waals surface area contributed by atoms with E-state index < -0.39 is 0 Å². The predicted octanol–water partition coefficient (Wildman–Crippen LogP) is 2.64. The van der Waals surface area contributed by atoms with Crippen molar-refractivity contribution < 1.29 is 9.53 Å². The van der Waals surface area contributed by atoms with Gasteiger partial charge < -0.3 is 9.53 Å². The number of piperidine rings is 1. The summed E-state index contributed by atoms with van der Waals surface area (Å²) in [5.74, 6) is 0. The lowest BCUT2D eigenvalue weighted by Gasteiger charge is -2.44. The molecule has 2 fully saturated rings. The molecule has 1 saturated carbocycles. The van der Waals surface area contributed by atoms with Crippen LogP contribution in [-0.4, -0.2) is 43.5 Å². The largest absolute Gasteiger partial charge is 0.377 e. The van der Waals surface area contributed by atoms with E-state index in [0.717, 1.165) is 38.9 Å². The quantitative estimate of drug-likeness (QED) is 0.721. The van der Waals surface area contributed by atoms with Gasteiger partial charge in [-0.1, -0.05) is 19.3 Å². The number of rotatable bonds is 4. The summed E-state index contributed by atoms with van der Waals surface area (Å²) in [5, 5.41) is 0. The second kappa shape index (κ2) is 5.70. The Balaban J connectivity index is 1.97. The summed E-state index contributed by atoms with van der Waals surface area (Å²) in [5.41, 5.74) is -0.0821. The van der Waals surface area contributed by atoms with Gasteiger partial charge in [0, 0.05) is 25.6 Å². The Bertz CT molecular complexity index is 286. The van der Waals surface area contributed by atoms with Crippen LogP contribution in [0.1, 0.15) is 51.9 Å². The third-order valence-electron chi connectivity index (χ3n) is 4.87. The zero-order chi connectivity index (χ0) is 13.1. The SMILES string of the molecule is COC1(C)CCCN(CC2(C=O)CCCCC2)C1. The fourth-order valence-corrected chi connectivity index (χ4v) is 3.62. The molecule has 0 aromatic rings. The van der Waals surface area contributed by atoms with Crippen molar-refractivity contribution in [3.05, 3.63) is 0 Å². The van der Waals surface area contributed by atoms with E-state index >= 15 is 0 Å². The van der Waals surface area contributed by atoms with Crippen molar-refractivity contribution in [1.29, 1.82) is 0 Å². The highest BCUT2D eigenvalue weighted by atomic mass is 16.5. The van der Waals surface area contributed by atoms with E-state index in [1.165, 1.54) is 32.0 Å². The Morgan fingerprint density at radius 1 is 1.17 bits per heavy atom. The lowest BCUT2D eigenvalue weighted by molar-refractivity contribution is -0.121. The zero-order valence-corrected chi connectivity index (χ0v) is 11.9. The van der Waals surface area contributed by atoms with Crippen LogP contribution in [0.3, 0.4) is 0 Å². The number of hydrogen-bond donors (Lipinski definition) is 0. The highest BCUT2D eigenvalue weighted by Gasteiger charge is 2.37. The number of nitrogens with zero attached hydrogens (tertiary/aromatic N) is 1. The van der Waals surface area contributed by atoms with Crippen molar-refractivity contribution in [2.24, 2.45) is 5.41 Å². The molecular formula is C15H27NO2. The first-order chi connectivity index (χ1) is 8.61. The van der Waals surface area contributed by atoms with Gasteiger partial charge in [0.15, 0.2) is 0 Å². The number of aldehydes is 1. The fourth-order valence-electron chi connectivity index (χ4n) is 3.62. The molecule has 3 nitrogen and oxygen atoms in total. The van der Waals surface area contributed by atoms with Crippen molar-refractivity contribution >= 4 is 6.29 Å². The fraction of sp³-hybridized carbons (Fsp3) is 0.933. The maximum absolute atomic E-state index is 11.5. The number of ether oxygens (including phenoxy) is 1. The third kappa shape index (κ3) is 3.12. The van der Waals surface area contributed by atoms with Crippen LogP contribution in [0.2, 0.25) is 0 Å². The Morgan fingerprint density at radius 3 is 2.50 bits per heavy atom. The van der Waals surface area contributed by atoms with E-state index in [2.05, 4.69) is 11.8 Å². The van der Waals surface area contributed by atoms with E-state index in [-0.39, 0.29) is 11.0 Å². The van der Waals surface area contributed by atoms with Crippen LogP contribution < -0.4 is 0 Å². The van der Waals surface area contributed by atoms with Crippen LogP contribution in [0.15, 0.2) is 0 Å². The highest BCUT2D eigenvalue weighted by molar-refractivity contribution is 5.60. The van der Waals surface area contributed by atoms with Crippen LogP contribution in [0.4, 0.5) is 0 Å². The molecule has 0 radical (unpaired) electrons. The van der Waals surface area contributed by atoms with Gasteiger partial charge in [-0.3, -0.25) is 4.90 Å². The Labute approximate surface area is 111 Å². The molecule has 2 rings (SSSR count). The molecule has 0 amide bonds. The number of likely N-dealkylation sites (tertiary alicyclic amines) is 1. The summed E-state index contributed by atoms with van der Waals surface area (Å²) < 4.78 is 5.63. The van der Waals surface area contributed by atoms with Gasteiger partial charge in [-0.25, -0.2) is 0 Å². The molecule has 3 heteroatoms. The molecule has 1 atom stereocenters. The van der Waals surface area contributed by atoms with Crippen molar-refractivity contribution in [2.75, 3.05) is 26.7 Å². The zero-order valence-electron chi connectivity index (χ0n) is 11.9. The number of carbonyl (C=O) groups excluding carboxylic acids is 1. The van der Waals surface area contributed by atoms with Crippen LogP contribution in [0.5, 0.6) is 0 Å². The Kier molecular flexibility index (Phi) is 4.44. The van der Waals surface area contributed by atoms with Gasteiger partial charge in [-0.05, 0) is 39.2 Å². The normalized spacial score (nSPS) is 33.2. The summed E-state index contributed by atoms with van der Waals surface area (Å²) in [7, 11) is 1.81. The van der Waals surface area contributed by atoms with E-state index in [4.69, 9.17) is 4.74 Å². The maximum Gasteiger partial charge on any atom is 0.127 e. The minimum Gasteiger partial charge on any atom is -0.377 e. The second-order valence-corrected chi connectivity index (χ2v) is 6.51. The monoisotopic (exact) mass is 253 g/mol. The van der Waals surface area contributed by atoms with Crippen molar-refractivity contribution in [3.63, 3.8) is 0 Å². The summed E-state index contributed by atoms with van der Waals surface area (Å²) in [6.45, 7) is 5.22. The van der Waals surface area contributed by atoms with Crippen LogP contribution in [-0.2, 0) is 9.53 Å². The molecule has 0 spiro atoms. The van der Waals surface area contributed by atoms with Gasteiger partial charge in [0.25, 0.3) is 0 Å². The standard InChI is InChI=1S/C15H27NO2/c1-14(18-2)7-6-10-16(11-14)12-15(13-17)8-4-3-5-9-15/h13H,3-12H2,1-2H3. The van der Waals surface area contributed by atoms with Crippen molar-refractivity contribution in [2.45, 2.75) is 57.5 Å². The first kappa shape index (κ1) is 14.0. The maximum atomic E-state index is 11.5. The number of carbonyl (C=O) groups is 1. The second-order valence-electron chi connectivity index (χ2n) is 6.51. The molecule has 0 bridgehead atoms. The molecule has 0 aromatic heterocycles. The predicted molar refractivity (Wildman–Crippen MR) is 72.7 cm³/mol. The summed E-state index contributed by atoms with van der Waals surface area (Å²) in [6.07, 6.45) is 9.44. The van der Waals surface area contributed by atoms with Crippen LogP contribution >= 0.6 is 0 Å². The Morgan fingerprint density at radius 2 is 1.89 bits per heavy atom. The Hall–Kier alpha value is -0.410. The average molecular weight is 253 g/mol. The lowest BCUT2D eigenvalue weighted by Crippen LogP contribution is -2.51. The van der Waals surface area contributed by atoms with E-state index in [1.807, 2.05) is 0 Å².